The Morgan fingerprint density at radius 3 is 2.67 bits per heavy atom. The van der Waals surface area contributed by atoms with E-state index in [1.54, 1.807) is 18.5 Å². The lowest BCUT2D eigenvalue weighted by atomic mass is 10.3. The third kappa shape index (κ3) is 2.19. The molecule has 0 aliphatic rings. The van der Waals surface area contributed by atoms with Crippen molar-refractivity contribution in [1.82, 2.24) is 14.3 Å². The standard InChI is InChI=1S/C12H13N3O2S/c1-3-17-12(16)14-9(2)13-11(18)15(14)10-7-5-4-6-8-10/h4-8H,3H2,1-2H3. The summed E-state index contributed by atoms with van der Waals surface area (Å²) >= 11 is 5.17. The molecule has 6 heteroatoms. The first-order chi connectivity index (χ1) is 8.65. The number of nitrogens with zero attached hydrogens (tertiary/aromatic N) is 3. The van der Waals surface area contributed by atoms with Gasteiger partial charge < -0.3 is 4.74 Å². The molecule has 0 N–H and O–H groups in total. The van der Waals surface area contributed by atoms with Crippen molar-refractivity contribution in [3.05, 3.63) is 40.9 Å². The van der Waals surface area contributed by atoms with Crippen molar-refractivity contribution in [2.24, 2.45) is 0 Å². The lowest BCUT2D eigenvalue weighted by molar-refractivity contribution is 0.147. The van der Waals surface area contributed by atoms with Gasteiger partial charge in [0, 0.05) is 0 Å². The van der Waals surface area contributed by atoms with E-state index < -0.39 is 6.09 Å². The molecule has 94 valence electrons. The van der Waals surface area contributed by atoms with Crippen molar-refractivity contribution in [2.45, 2.75) is 13.8 Å². The van der Waals surface area contributed by atoms with Crippen molar-refractivity contribution in [1.29, 1.82) is 0 Å². The summed E-state index contributed by atoms with van der Waals surface area (Å²) in [5, 5.41) is 0. The van der Waals surface area contributed by atoms with Crippen LogP contribution in [0.15, 0.2) is 30.3 Å². The topological polar surface area (TPSA) is 49.1 Å². The SMILES string of the molecule is CCOC(=O)n1c(C)nc(=S)n1-c1ccccc1. The molecule has 1 aromatic carbocycles. The Balaban J connectivity index is 2.61. The van der Waals surface area contributed by atoms with Crippen LogP contribution in [0.4, 0.5) is 4.79 Å². The molecule has 0 amide bonds. The summed E-state index contributed by atoms with van der Waals surface area (Å²) in [7, 11) is 0. The Morgan fingerprint density at radius 1 is 1.39 bits per heavy atom. The molecule has 0 spiro atoms. The third-order valence-electron chi connectivity index (χ3n) is 2.39. The van der Waals surface area contributed by atoms with Gasteiger partial charge in [0.25, 0.3) is 0 Å². The van der Waals surface area contributed by atoms with E-state index >= 15 is 0 Å². The zero-order valence-electron chi connectivity index (χ0n) is 10.2. The molecule has 0 unspecified atom stereocenters. The highest BCUT2D eigenvalue weighted by Gasteiger charge is 2.16. The quantitative estimate of drug-likeness (QED) is 0.782. The summed E-state index contributed by atoms with van der Waals surface area (Å²) in [4.78, 5) is 16.0. The zero-order chi connectivity index (χ0) is 13.1. The first-order valence-electron chi connectivity index (χ1n) is 5.56. The average molecular weight is 263 g/mol. The van der Waals surface area contributed by atoms with E-state index in [9.17, 15) is 4.79 Å². The van der Waals surface area contributed by atoms with Crippen LogP contribution in [0.3, 0.4) is 0 Å². The molecule has 0 radical (unpaired) electrons. The van der Waals surface area contributed by atoms with Crippen LogP contribution in [0, 0.1) is 11.7 Å². The molecule has 5 nitrogen and oxygen atoms in total. The van der Waals surface area contributed by atoms with Crippen molar-refractivity contribution in [3.8, 4) is 5.69 Å². The van der Waals surface area contributed by atoms with Crippen LogP contribution >= 0.6 is 12.2 Å². The lowest BCUT2D eigenvalue weighted by Crippen LogP contribution is -2.22. The lowest BCUT2D eigenvalue weighted by Gasteiger charge is -2.10. The molecule has 0 aliphatic carbocycles. The summed E-state index contributed by atoms with van der Waals surface area (Å²) in [6.45, 7) is 3.77. The molecule has 0 atom stereocenters. The smallest absolute Gasteiger partial charge is 0.435 e. The maximum atomic E-state index is 11.9. The summed E-state index contributed by atoms with van der Waals surface area (Å²) in [5.41, 5.74) is 0.774. The number of aromatic nitrogens is 3. The van der Waals surface area contributed by atoms with Crippen LogP contribution in [0.5, 0.6) is 0 Å². The first-order valence-corrected chi connectivity index (χ1v) is 5.97. The van der Waals surface area contributed by atoms with Crippen LogP contribution in [0.25, 0.3) is 5.69 Å². The van der Waals surface area contributed by atoms with Crippen molar-refractivity contribution < 1.29 is 9.53 Å². The Kier molecular flexibility index (Phi) is 3.57. The van der Waals surface area contributed by atoms with Gasteiger partial charge in [0.1, 0.15) is 5.82 Å². The number of ether oxygens (including phenoxy) is 1. The van der Waals surface area contributed by atoms with Crippen molar-refractivity contribution in [3.63, 3.8) is 0 Å². The number of hydrogen-bond donors (Lipinski definition) is 0. The van der Waals surface area contributed by atoms with E-state index in [0.717, 1.165) is 5.69 Å². The molecule has 2 rings (SSSR count). The zero-order valence-corrected chi connectivity index (χ0v) is 11.0. The Labute approximate surface area is 110 Å². The molecular formula is C12H13N3O2S. The fraction of sp³-hybridized carbons (Fsp3) is 0.250. The Hall–Kier alpha value is -1.95. The molecule has 0 saturated carbocycles. The Morgan fingerprint density at radius 2 is 2.06 bits per heavy atom. The van der Waals surface area contributed by atoms with Gasteiger partial charge in [0.2, 0.25) is 4.77 Å². The third-order valence-corrected chi connectivity index (χ3v) is 2.65. The minimum atomic E-state index is -0.484. The van der Waals surface area contributed by atoms with Crippen LogP contribution in [0.1, 0.15) is 12.7 Å². The summed E-state index contributed by atoms with van der Waals surface area (Å²) in [5.74, 6) is 0.502. The second kappa shape index (κ2) is 5.14. The van der Waals surface area contributed by atoms with E-state index in [2.05, 4.69) is 4.98 Å². The van der Waals surface area contributed by atoms with Crippen molar-refractivity contribution in [2.75, 3.05) is 6.61 Å². The van der Waals surface area contributed by atoms with Gasteiger partial charge in [-0.25, -0.2) is 14.5 Å². The second-order valence-corrected chi connectivity index (χ2v) is 3.96. The highest BCUT2D eigenvalue weighted by molar-refractivity contribution is 7.71. The molecule has 0 aliphatic heterocycles. The summed E-state index contributed by atoms with van der Waals surface area (Å²) < 4.78 is 8.22. The van der Waals surface area contributed by atoms with Gasteiger partial charge >= 0.3 is 6.09 Å². The van der Waals surface area contributed by atoms with Crippen LogP contribution in [-0.2, 0) is 4.74 Å². The number of rotatable bonds is 2. The monoisotopic (exact) mass is 263 g/mol. The largest absolute Gasteiger partial charge is 0.448 e. The van der Waals surface area contributed by atoms with E-state index in [4.69, 9.17) is 17.0 Å². The predicted molar refractivity (Wildman–Crippen MR) is 69.5 cm³/mol. The van der Waals surface area contributed by atoms with Gasteiger partial charge in [-0.3, -0.25) is 0 Å². The minimum absolute atomic E-state index is 0.304. The average Bonchev–Trinajstić information content (AvgIpc) is 2.65. The molecule has 18 heavy (non-hydrogen) atoms. The molecule has 1 heterocycles. The molecular weight excluding hydrogens is 250 g/mol. The fourth-order valence-electron chi connectivity index (χ4n) is 1.66. The normalized spacial score (nSPS) is 10.3. The molecule has 0 saturated heterocycles. The highest BCUT2D eigenvalue weighted by Crippen LogP contribution is 2.11. The number of para-hydroxylation sites is 1. The van der Waals surface area contributed by atoms with E-state index in [1.165, 1.54) is 4.68 Å². The number of carbonyl (C=O) groups excluding carboxylic acids is 1. The van der Waals surface area contributed by atoms with Crippen LogP contribution in [0.2, 0.25) is 0 Å². The minimum Gasteiger partial charge on any atom is -0.448 e. The number of hydrogen-bond acceptors (Lipinski definition) is 4. The molecule has 2 aromatic rings. The van der Waals surface area contributed by atoms with Crippen LogP contribution in [-0.4, -0.2) is 27.0 Å². The number of benzene rings is 1. The fourth-order valence-corrected chi connectivity index (χ4v) is 1.98. The highest BCUT2D eigenvalue weighted by atomic mass is 32.1. The second-order valence-electron chi connectivity index (χ2n) is 3.60. The summed E-state index contributed by atoms with van der Waals surface area (Å²) in [6.07, 6.45) is -0.484. The van der Waals surface area contributed by atoms with Gasteiger partial charge in [0.05, 0.1) is 12.3 Å². The van der Waals surface area contributed by atoms with Crippen molar-refractivity contribution >= 4 is 18.3 Å². The maximum Gasteiger partial charge on any atom is 0.435 e. The van der Waals surface area contributed by atoms with Gasteiger partial charge in [-0.15, -0.1) is 0 Å². The predicted octanol–water partition coefficient (Wildman–Crippen LogP) is 2.72. The molecule has 0 fully saturated rings. The maximum absolute atomic E-state index is 11.9. The van der Waals surface area contributed by atoms with E-state index in [0.29, 0.717) is 17.2 Å². The molecule has 0 bridgehead atoms. The number of aryl methyl sites for hydroxylation is 1. The van der Waals surface area contributed by atoms with Crippen LogP contribution < -0.4 is 0 Å². The first kappa shape index (κ1) is 12.5. The Bertz CT molecular complexity index is 616. The van der Waals surface area contributed by atoms with E-state index in [-0.39, 0.29) is 0 Å². The van der Waals surface area contributed by atoms with Gasteiger partial charge in [-0.1, -0.05) is 18.2 Å². The summed E-state index contributed by atoms with van der Waals surface area (Å²) in [6, 6.07) is 9.34. The van der Waals surface area contributed by atoms with Gasteiger partial charge in [-0.05, 0) is 38.2 Å². The number of carbonyl (C=O) groups is 1. The molecule has 1 aromatic heterocycles. The van der Waals surface area contributed by atoms with Gasteiger partial charge in [0.15, 0.2) is 0 Å². The van der Waals surface area contributed by atoms with E-state index in [1.807, 2.05) is 30.3 Å². The van der Waals surface area contributed by atoms with Gasteiger partial charge in [-0.2, -0.15) is 4.68 Å².